The molecule has 18 heavy (non-hydrogen) atoms. The number of nitrogens with zero attached hydrogens (tertiary/aromatic N) is 2. The summed E-state index contributed by atoms with van der Waals surface area (Å²) in [6.07, 6.45) is 0. The van der Waals surface area contributed by atoms with E-state index in [1.807, 2.05) is 0 Å². The summed E-state index contributed by atoms with van der Waals surface area (Å²) >= 11 is 17.1. The summed E-state index contributed by atoms with van der Waals surface area (Å²) in [7, 11) is 0. The van der Waals surface area contributed by atoms with Crippen molar-refractivity contribution in [2.24, 2.45) is 0 Å². The second-order valence-electron chi connectivity index (χ2n) is 3.31. The Morgan fingerprint density at radius 3 is 2.56 bits per heavy atom. The highest BCUT2D eigenvalue weighted by atomic mass is 35.5. The Morgan fingerprint density at radius 2 is 1.89 bits per heavy atom. The lowest BCUT2D eigenvalue weighted by Crippen LogP contribution is -2.13. The van der Waals surface area contributed by atoms with Gasteiger partial charge in [0.05, 0.1) is 0 Å². The molecule has 4 nitrogen and oxygen atoms in total. The number of benzene rings is 1. The maximum absolute atomic E-state index is 11.9. The van der Waals surface area contributed by atoms with Gasteiger partial charge in [0.2, 0.25) is 5.28 Å². The molecule has 0 bridgehead atoms. The van der Waals surface area contributed by atoms with E-state index in [0.717, 1.165) is 0 Å². The van der Waals surface area contributed by atoms with Crippen molar-refractivity contribution in [2.45, 2.75) is 0 Å². The van der Waals surface area contributed by atoms with Crippen molar-refractivity contribution >= 4 is 46.5 Å². The summed E-state index contributed by atoms with van der Waals surface area (Å²) in [5.74, 6) is -0.131. The molecule has 0 aliphatic carbocycles. The molecule has 0 fully saturated rings. The molecule has 1 heterocycles. The normalized spacial score (nSPS) is 10.2. The second kappa shape index (κ2) is 5.52. The van der Waals surface area contributed by atoms with Crippen LogP contribution in [0.2, 0.25) is 15.5 Å². The van der Waals surface area contributed by atoms with Crippen molar-refractivity contribution in [1.29, 1.82) is 0 Å². The van der Waals surface area contributed by atoms with Crippen LogP contribution in [-0.2, 0) is 0 Å². The molecule has 1 aromatic carbocycles. The van der Waals surface area contributed by atoms with Crippen LogP contribution >= 0.6 is 34.8 Å². The number of anilines is 1. The van der Waals surface area contributed by atoms with E-state index in [0.29, 0.717) is 10.6 Å². The number of nitrogens with one attached hydrogen (secondary N) is 1. The zero-order chi connectivity index (χ0) is 13.1. The first-order valence-corrected chi connectivity index (χ1v) is 5.95. The third-order valence-corrected chi connectivity index (χ3v) is 2.59. The highest BCUT2D eigenvalue weighted by Crippen LogP contribution is 2.16. The fourth-order valence-corrected chi connectivity index (χ4v) is 1.87. The van der Waals surface area contributed by atoms with Crippen molar-refractivity contribution in [2.75, 3.05) is 5.32 Å². The minimum Gasteiger partial charge on any atom is -0.306 e. The molecule has 1 N–H and O–H groups in total. The number of hydrogen-bond acceptors (Lipinski definition) is 3. The van der Waals surface area contributed by atoms with Crippen LogP contribution in [0.5, 0.6) is 0 Å². The van der Waals surface area contributed by atoms with Crippen LogP contribution in [0.3, 0.4) is 0 Å². The zero-order valence-electron chi connectivity index (χ0n) is 8.82. The summed E-state index contributed by atoms with van der Waals surface area (Å²) in [6, 6.07) is 7.93. The molecule has 1 amide bonds. The van der Waals surface area contributed by atoms with E-state index in [1.54, 1.807) is 24.3 Å². The molecule has 0 saturated heterocycles. The number of hydrogen-bond donors (Lipinski definition) is 1. The largest absolute Gasteiger partial charge is 0.306 e. The minimum absolute atomic E-state index is 0.0381. The molecule has 2 rings (SSSR count). The van der Waals surface area contributed by atoms with E-state index in [4.69, 9.17) is 34.8 Å². The first-order chi connectivity index (χ1) is 8.54. The lowest BCUT2D eigenvalue weighted by atomic mass is 10.2. The van der Waals surface area contributed by atoms with Gasteiger partial charge < -0.3 is 5.32 Å². The van der Waals surface area contributed by atoms with Crippen LogP contribution in [0, 0.1) is 0 Å². The summed E-state index contributed by atoms with van der Waals surface area (Å²) in [4.78, 5) is 19.4. The van der Waals surface area contributed by atoms with Crippen LogP contribution < -0.4 is 5.32 Å². The van der Waals surface area contributed by atoms with E-state index in [9.17, 15) is 4.79 Å². The fraction of sp³-hybridized carbons (Fsp3) is 0. The van der Waals surface area contributed by atoms with Gasteiger partial charge in [-0.25, -0.2) is 9.97 Å². The van der Waals surface area contributed by atoms with Crippen molar-refractivity contribution < 1.29 is 4.79 Å². The Labute approximate surface area is 118 Å². The summed E-state index contributed by atoms with van der Waals surface area (Å²) in [6.45, 7) is 0. The van der Waals surface area contributed by atoms with Gasteiger partial charge in [-0.2, -0.15) is 0 Å². The average molecular weight is 303 g/mol. The highest BCUT2D eigenvalue weighted by Gasteiger charge is 2.09. The van der Waals surface area contributed by atoms with E-state index in [1.165, 1.54) is 6.07 Å². The molecule has 0 aliphatic rings. The Morgan fingerprint density at radius 1 is 1.11 bits per heavy atom. The topological polar surface area (TPSA) is 54.9 Å². The van der Waals surface area contributed by atoms with Crippen LogP contribution in [0.15, 0.2) is 30.3 Å². The standard InChI is InChI=1S/C11H6Cl3N3O/c12-7-3-1-2-6(4-7)10(18)16-9-5-8(13)15-11(14)17-9/h1-5H,(H,15,16,17,18). The molecule has 1 aromatic heterocycles. The third-order valence-electron chi connectivity index (χ3n) is 2.00. The first kappa shape index (κ1) is 13.1. The Hall–Kier alpha value is -1.36. The molecule has 92 valence electrons. The molecule has 0 unspecified atom stereocenters. The maximum atomic E-state index is 11.9. The van der Waals surface area contributed by atoms with E-state index in [-0.39, 0.29) is 22.2 Å². The molecule has 0 spiro atoms. The van der Waals surface area contributed by atoms with Gasteiger partial charge >= 0.3 is 0 Å². The monoisotopic (exact) mass is 301 g/mol. The van der Waals surface area contributed by atoms with Gasteiger partial charge in [-0.15, -0.1) is 0 Å². The molecular formula is C11H6Cl3N3O. The van der Waals surface area contributed by atoms with Crippen LogP contribution in [0.1, 0.15) is 10.4 Å². The van der Waals surface area contributed by atoms with Gasteiger partial charge in [-0.05, 0) is 29.8 Å². The SMILES string of the molecule is O=C(Nc1cc(Cl)nc(Cl)n1)c1cccc(Cl)c1. The van der Waals surface area contributed by atoms with Gasteiger partial charge in [0, 0.05) is 16.7 Å². The van der Waals surface area contributed by atoms with E-state index >= 15 is 0 Å². The average Bonchev–Trinajstić information content (AvgIpc) is 2.27. The maximum Gasteiger partial charge on any atom is 0.256 e. The number of carbonyl (C=O) groups excluding carboxylic acids is 1. The van der Waals surface area contributed by atoms with Crippen molar-refractivity contribution in [3.63, 3.8) is 0 Å². The minimum atomic E-state index is -0.358. The number of amides is 1. The van der Waals surface area contributed by atoms with Crippen LogP contribution in [0.4, 0.5) is 5.82 Å². The number of halogens is 3. The van der Waals surface area contributed by atoms with E-state index < -0.39 is 0 Å². The lowest BCUT2D eigenvalue weighted by molar-refractivity contribution is 0.102. The number of carbonyl (C=O) groups is 1. The highest BCUT2D eigenvalue weighted by molar-refractivity contribution is 6.32. The Bertz CT molecular complexity index is 584. The Kier molecular flexibility index (Phi) is 4.01. The smallest absolute Gasteiger partial charge is 0.256 e. The molecule has 0 atom stereocenters. The van der Waals surface area contributed by atoms with Crippen molar-refractivity contribution in [1.82, 2.24) is 9.97 Å². The van der Waals surface area contributed by atoms with Crippen molar-refractivity contribution in [3.05, 3.63) is 51.4 Å². The number of aromatic nitrogens is 2. The Balaban J connectivity index is 2.21. The van der Waals surface area contributed by atoms with Crippen LogP contribution in [-0.4, -0.2) is 15.9 Å². The van der Waals surface area contributed by atoms with Crippen LogP contribution in [0.25, 0.3) is 0 Å². The molecular weight excluding hydrogens is 296 g/mol. The van der Waals surface area contributed by atoms with Gasteiger partial charge in [0.15, 0.2) is 0 Å². The quantitative estimate of drug-likeness (QED) is 0.680. The van der Waals surface area contributed by atoms with Gasteiger partial charge in [0.1, 0.15) is 11.0 Å². The zero-order valence-corrected chi connectivity index (χ0v) is 11.1. The van der Waals surface area contributed by atoms with Gasteiger partial charge in [-0.1, -0.05) is 29.3 Å². The first-order valence-electron chi connectivity index (χ1n) is 4.81. The predicted octanol–water partition coefficient (Wildman–Crippen LogP) is 3.69. The van der Waals surface area contributed by atoms with E-state index in [2.05, 4.69) is 15.3 Å². The lowest BCUT2D eigenvalue weighted by Gasteiger charge is -2.05. The molecule has 0 aliphatic heterocycles. The third kappa shape index (κ3) is 3.32. The molecule has 0 radical (unpaired) electrons. The molecule has 7 heteroatoms. The summed E-state index contributed by atoms with van der Waals surface area (Å²) in [5.41, 5.74) is 0.411. The fourth-order valence-electron chi connectivity index (χ4n) is 1.27. The van der Waals surface area contributed by atoms with Crippen molar-refractivity contribution in [3.8, 4) is 0 Å². The second-order valence-corrected chi connectivity index (χ2v) is 4.47. The summed E-state index contributed by atoms with van der Waals surface area (Å²) in [5, 5.41) is 3.13. The number of rotatable bonds is 2. The molecule has 2 aromatic rings. The van der Waals surface area contributed by atoms with Gasteiger partial charge in [0.25, 0.3) is 5.91 Å². The predicted molar refractivity (Wildman–Crippen MR) is 71.5 cm³/mol. The molecule has 0 saturated carbocycles. The van der Waals surface area contributed by atoms with Gasteiger partial charge in [-0.3, -0.25) is 4.79 Å². The summed E-state index contributed by atoms with van der Waals surface area (Å²) < 4.78 is 0.